The summed E-state index contributed by atoms with van der Waals surface area (Å²) in [6, 6.07) is 17.9. The van der Waals surface area contributed by atoms with Crippen molar-refractivity contribution in [2.45, 2.75) is 12.0 Å². The largest absolute Gasteiger partial charge is 0.497 e. The van der Waals surface area contributed by atoms with Crippen LogP contribution < -0.4 is 10.1 Å². The number of methoxy groups -OCH3 is 2. The van der Waals surface area contributed by atoms with Crippen molar-refractivity contribution in [3.8, 4) is 5.75 Å². The van der Waals surface area contributed by atoms with Gasteiger partial charge >= 0.3 is 0 Å². The van der Waals surface area contributed by atoms with Crippen molar-refractivity contribution in [1.82, 2.24) is 9.88 Å². The number of aromatic nitrogens is 1. The molecule has 0 fully saturated rings. The van der Waals surface area contributed by atoms with Crippen LogP contribution in [0.3, 0.4) is 0 Å². The van der Waals surface area contributed by atoms with E-state index in [0.29, 0.717) is 34.2 Å². The Kier molecular flexibility index (Phi) is 6.67. The highest BCUT2D eigenvalue weighted by Crippen LogP contribution is 2.43. The van der Waals surface area contributed by atoms with E-state index in [2.05, 4.69) is 10.3 Å². The maximum Gasteiger partial charge on any atom is 0.254 e. The number of halogens is 1. The smallest absolute Gasteiger partial charge is 0.254 e. The molecular weight excluding hydrogens is 481 g/mol. The Morgan fingerprint density at radius 1 is 1.11 bits per heavy atom. The lowest BCUT2D eigenvalue weighted by molar-refractivity contribution is -0.119. The summed E-state index contributed by atoms with van der Waals surface area (Å²) in [7, 11) is 3.15. The average Bonchev–Trinajstić information content (AvgIpc) is 3.29. The van der Waals surface area contributed by atoms with Crippen LogP contribution in [0.15, 0.2) is 66.7 Å². The normalized spacial score (nSPS) is 17.2. The van der Waals surface area contributed by atoms with Gasteiger partial charge in [0.1, 0.15) is 11.6 Å². The molecule has 4 aromatic rings. The number of carbonyl (C=O) groups is 2. The van der Waals surface area contributed by atoms with Crippen LogP contribution in [0.5, 0.6) is 5.75 Å². The standard InChI is InChI=1S/C27H24FN3O4S/c1-34-14-13-31-24(16-7-9-17(28)10-8-16)23(19-5-3-4-6-20(19)26(31)33)25(32)30-27-29-21-12-11-18(35-2)15-22(21)36-27/h3-12,15,23-24H,13-14H2,1-2H3,(H,29,30,32). The van der Waals surface area contributed by atoms with Gasteiger partial charge in [0.25, 0.3) is 5.91 Å². The minimum atomic E-state index is -0.747. The molecule has 2 heterocycles. The molecule has 7 nitrogen and oxygen atoms in total. The third-order valence-electron chi connectivity index (χ3n) is 6.29. The lowest BCUT2D eigenvalue weighted by atomic mass is 9.79. The average molecular weight is 506 g/mol. The maximum absolute atomic E-state index is 13.9. The SMILES string of the molecule is COCCN1C(=O)c2ccccc2C(C(=O)Nc2nc3ccc(OC)cc3s2)C1c1ccc(F)cc1. The van der Waals surface area contributed by atoms with Crippen molar-refractivity contribution in [3.05, 3.63) is 89.2 Å². The van der Waals surface area contributed by atoms with E-state index in [9.17, 15) is 14.0 Å². The van der Waals surface area contributed by atoms with Crippen LogP contribution in [0.25, 0.3) is 10.2 Å². The van der Waals surface area contributed by atoms with Crippen molar-refractivity contribution in [2.24, 2.45) is 0 Å². The number of fused-ring (bicyclic) bond motifs is 2. The van der Waals surface area contributed by atoms with Crippen LogP contribution in [0.4, 0.5) is 9.52 Å². The molecule has 1 aliphatic heterocycles. The summed E-state index contributed by atoms with van der Waals surface area (Å²) in [5, 5.41) is 3.41. The van der Waals surface area contributed by atoms with Crippen LogP contribution in [-0.4, -0.2) is 49.1 Å². The molecule has 2 unspecified atom stereocenters. The topological polar surface area (TPSA) is 80.8 Å². The van der Waals surface area contributed by atoms with Gasteiger partial charge in [0.15, 0.2) is 5.13 Å². The molecule has 184 valence electrons. The monoisotopic (exact) mass is 505 g/mol. The highest BCUT2D eigenvalue weighted by Gasteiger charge is 2.44. The van der Waals surface area contributed by atoms with Crippen LogP contribution in [0.1, 0.15) is 33.4 Å². The summed E-state index contributed by atoms with van der Waals surface area (Å²) in [4.78, 5) is 33.6. The van der Waals surface area contributed by atoms with Crippen molar-refractivity contribution in [3.63, 3.8) is 0 Å². The van der Waals surface area contributed by atoms with E-state index in [1.165, 1.54) is 23.5 Å². The van der Waals surface area contributed by atoms with Crippen LogP contribution in [0, 0.1) is 5.82 Å². The van der Waals surface area contributed by atoms with Gasteiger partial charge < -0.3 is 19.7 Å². The Morgan fingerprint density at radius 3 is 2.64 bits per heavy atom. The van der Waals surface area contributed by atoms with Crippen LogP contribution >= 0.6 is 11.3 Å². The molecule has 0 spiro atoms. The second-order valence-electron chi connectivity index (χ2n) is 8.39. The highest BCUT2D eigenvalue weighted by atomic mass is 32.1. The zero-order chi connectivity index (χ0) is 25.2. The minimum absolute atomic E-state index is 0.201. The van der Waals surface area contributed by atoms with E-state index in [1.54, 1.807) is 49.5 Å². The van der Waals surface area contributed by atoms with Crippen molar-refractivity contribution >= 4 is 38.5 Å². The number of ether oxygens (including phenoxy) is 2. The summed E-state index contributed by atoms with van der Waals surface area (Å²) >= 11 is 1.34. The molecule has 3 aromatic carbocycles. The fourth-order valence-electron chi connectivity index (χ4n) is 4.61. The quantitative estimate of drug-likeness (QED) is 0.382. The Morgan fingerprint density at radius 2 is 1.89 bits per heavy atom. The Hall–Kier alpha value is -3.82. The lowest BCUT2D eigenvalue weighted by Gasteiger charge is -2.41. The second-order valence-corrected chi connectivity index (χ2v) is 9.43. The zero-order valence-electron chi connectivity index (χ0n) is 19.7. The van der Waals surface area contributed by atoms with Gasteiger partial charge in [-0.25, -0.2) is 9.37 Å². The third kappa shape index (κ3) is 4.43. The number of carbonyl (C=O) groups excluding carboxylic acids is 2. The first-order valence-corrected chi connectivity index (χ1v) is 12.2. The maximum atomic E-state index is 13.9. The number of anilines is 1. The molecule has 0 saturated heterocycles. The Balaban J connectivity index is 1.58. The molecule has 9 heteroatoms. The van der Waals surface area contributed by atoms with Crippen LogP contribution in [0.2, 0.25) is 0 Å². The highest BCUT2D eigenvalue weighted by molar-refractivity contribution is 7.22. The number of hydrogen-bond acceptors (Lipinski definition) is 6. The van der Waals surface area contributed by atoms with Gasteiger partial charge in [0.05, 0.1) is 35.9 Å². The van der Waals surface area contributed by atoms with E-state index in [0.717, 1.165) is 10.2 Å². The lowest BCUT2D eigenvalue weighted by Crippen LogP contribution is -2.47. The predicted octanol–water partition coefficient (Wildman–Crippen LogP) is 5.01. The zero-order valence-corrected chi connectivity index (χ0v) is 20.5. The van der Waals surface area contributed by atoms with E-state index in [4.69, 9.17) is 9.47 Å². The minimum Gasteiger partial charge on any atom is -0.497 e. The second kappa shape index (κ2) is 10.0. The summed E-state index contributed by atoms with van der Waals surface area (Å²) in [6.07, 6.45) is 0. The molecule has 1 aliphatic rings. The molecule has 0 aliphatic carbocycles. The summed E-state index contributed by atoms with van der Waals surface area (Å²) < 4.78 is 25.2. The molecule has 1 aromatic heterocycles. The van der Waals surface area contributed by atoms with Crippen molar-refractivity contribution < 1.29 is 23.5 Å². The number of amides is 2. The fourth-order valence-corrected chi connectivity index (χ4v) is 5.51. The van der Waals surface area contributed by atoms with Crippen molar-refractivity contribution in [1.29, 1.82) is 0 Å². The van der Waals surface area contributed by atoms with Crippen LogP contribution in [-0.2, 0) is 9.53 Å². The Bertz CT molecular complexity index is 1420. The number of benzene rings is 3. The number of nitrogens with one attached hydrogen (secondary N) is 1. The molecule has 5 rings (SSSR count). The summed E-state index contributed by atoms with van der Waals surface area (Å²) in [5.74, 6) is -0.946. The molecule has 1 N–H and O–H groups in total. The fraction of sp³-hybridized carbons (Fsp3) is 0.222. The number of thiazole rings is 1. The number of hydrogen-bond donors (Lipinski definition) is 1. The molecular formula is C27H24FN3O4S. The van der Waals surface area contributed by atoms with Gasteiger partial charge in [-0.3, -0.25) is 9.59 Å². The van der Waals surface area contributed by atoms with Gasteiger partial charge in [-0.2, -0.15) is 0 Å². The van der Waals surface area contributed by atoms with Gasteiger partial charge in [-0.05, 0) is 47.5 Å². The number of nitrogens with zero attached hydrogens (tertiary/aromatic N) is 2. The molecule has 2 amide bonds. The first kappa shape index (κ1) is 23.9. The van der Waals surface area contributed by atoms with Gasteiger partial charge in [-0.15, -0.1) is 0 Å². The molecule has 36 heavy (non-hydrogen) atoms. The van der Waals surface area contributed by atoms with E-state index in [-0.39, 0.29) is 18.4 Å². The molecule has 0 saturated carbocycles. The van der Waals surface area contributed by atoms with E-state index >= 15 is 0 Å². The predicted molar refractivity (Wildman–Crippen MR) is 136 cm³/mol. The number of rotatable bonds is 7. The first-order valence-electron chi connectivity index (χ1n) is 11.4. The summed E-state index contributed by atoms with van der Waals surface area (Å²) in [6.45, 7) is 0.566. The van der Waals surface area contributed by atoms with Gasteiger partial charge in [0, 0.05) is 19.2 Å². The van der Waals surface area contributed by atoms with Gasteiger partial charge in [-0.1, -0.05) is 41.7 Å². The first-order chi connectivity index (χ1) is 17.5. The summed E-state index contributed by atoms with van der Waals surface area (Å²) in [5.41, 5.74) is 2.48. The molecule has 0 radical (unpaired) electrons. The molecule has 0 bridgehead atoms. The molecule has 2 atom stereocenters. The van der Waals surface area contributed by atoms with E-state index in [1.807, 2.05) is 24.3 Å². The van der Waals surface area contributed by atoms with Gasteiger partial charge in [0.2, 0.25) is 5.91 Å². The van der Waals surface area contributed by atoms with Crippen molar-refractivity contribution in [2.75, 3.05) is 32.7 Å². The van der Waals surface area contributed by atoms with E-state index < -0.39 is 17.8 Å². The third-order valence-corrected chi connectivity index (χ3v) is 7.23. The Labute approximate surface area is 211 Å².